The third-order valence-corrected chi connectivity index (χ3v) is 13.6. The number of hydrogen-bond acceptors (Lipinski definition) is 4. The summed E-state index contributed by atoms with van der Waals surface area (Å²) in [5.41, 5.74) is 20.3. The summed E-state index contributed by atoms with van der Waals surface area (Å²) in [6, 6.07) is 64.4. The van der Waals surface area contributed by atoms with Gasteiger partial charge in [0.15, 0.2) is 23.0 Å². The van der Waals surface area contributed by atoms with E-state index in [1.165, 1.54) is 77.6 Å². The summed E-state index contributed by atoms with van der Waals surface area (Å²) < 4.78 is 13.5. The van der Waals surface area contributed by atoms with Crippen molar-refractivity contribution in [3.8, 4) is 56.4 Å². The molecule has 0 saturated carbocycles. The van der Waals surface area contributed by atoms with Crippen molar-refractivity contribution in [2.45, 2.75) is 47.0 Å². The van der Waals surface area contributed by atoms with E-state index >= 15 is 0 Å². The largest absolute Gasteiger partial charge is 0.450 e. The van der Waals surface area contributed by atoms with Crippen molar-refractivity contribution in [1.82, 2.24) is 0 Å². The molecule has 4 nitrogen and oxygen atoms in total. The topological polar surface area (TPSA) is 24.9 Å². The van der Waals surface area contributed by atoms with Crippen molar-refractivity contribution in [3.63, 3.8) is 0 Å². The Kier molecular flexibility index (Phi) is 8.52. The highest BCUT2D eigenvalue weighted by Crippen LogP contribution is 2.53. The Morgan fingerprint density at radius 1 is 0.438 bits per heavy atom. The van der Waals surface area contributed by atoms with Crippen LogP contribution in [0.15, 0.2) is 176 Å². The van der Waals surface area contributed by atoms with Gasteiger partial charge in [0.2, 0.25) is 0 Å². The van der Waals surface area contributed by atoms with E-state index in [0.29, 0.717) is 23.0 Å². The van der Waals surface area contributed by atoms with Crippen molar-refractivity contribution in [3.05, 3.63) is 198 Å². The lowest BCUT2D eigenvalue weighted by molar-refractivity contribution is 0.360. The second kappa shape index (κ2) is 14.3. The Bertz CT molecular complexity index is 3350. The molecule has 0 amide bonds. The summed E-state index contributed by atoms with van der Waals surface area (Å²) in [4.78, 5) is 5.09. The molecule has 3 heterocycles. The lowest BCUT2D eigenvalue weighted by Gasteiger charge is -2.46. The van der Waals surface area contributed by atoms with Gasteiger partial charge in [-0.15, -0.1) is 0 Å². The number of nitrogens with zero attached hydrogens (tertiary/aromatic N) is 2. The normalized spacial score (nSPS) is 13.3. The fraction of sp³-hybridized carbons (Fsp3) is 0.119. The number of rotatable bonds is 4. The molecule has 5 heteroatoms. The van der Waals surface area contributed by atoms with Crippen LogP contribution in [0.4, 0.5) is 28.4 Å². The van der Waals surface area contributed by atoms with Gasteiger partial charge in [-0.25, -0.2) is 0 Å². The predicted molar refractivity (Wildman–Crippen MR) is 268 cm³/mol. The molecule has 3 aliphatic rings. The maximum absolute atomic E-state index is 6.76. The van der Waals surface area contributed by atoms with E-state index in [1.807, 2.05) is 24.3 Å². The van der Waals surface area contributed by atoms with Crippen LogP contribution in [0, 0.1) is 20.8 Å². The number of fused-ring (bicyclic) bond motifs is 7. The van der Waals surface area contributed by atoms with E-state index < -0.39 is 0 Å². The molecule has 9 aromatic rings. The van der Waals surface area contributed by atoms with Gasteiger partial charge in [0.1, 0.15) is 0 Å². The monoisotopic (exact) mass is 826 g/mol. The number of anilines is 5. The maximum Gasteiger partial charge on any atom is 0.333 e. The number of benzene rings is 9. The molecule has 308 valence electrons. The first-order chi connectivity index (χ1) is 31.1. The van der Waals surface area contributed by atoms with E-state index in [0.717, 1.165) is 28.2 Å². The van der Waals surface area contributed by atoms with Crippen LogP contribution in [0.3, 0.4) is 0 Å². The van der Waals surface area contributed by atoms with Gasteiger partial charge < -0.3 is 19.2 Å². The highest BCUT2D eigenvalue weighted by molar-refractivity contribution is 6.93. The zero-order valence-electron chi connectivity index (χ0n) is 37.0. The van der Waals surface area contributed by atoms with E-state index in [1.54, 1.807) is 0 Å². The average molecular weight is 827 g/mol. The quantitative estimate of drug-likeness (QED) is 0.165. The first kappa shape index (κ1) is 38.2. The minimum Gasteiger partial charge on any atom is -0.450 e. The van der Waals surface area contributed by atoms with Crippen molar-refractivity contribution in [2.24, 2.45) is 0 Å². The molecule has 0 atom stereocenters. The predicted octanol–water partition coefficient (Wildman–Crippen LogP) is 15.0. The molecule has 0 unspecified atom stereocenters. The van der Waals surface area contributed by atoms with Gasteiger partial charge in [-0.3, -0.25) is 0 Å². The van der Waals surface area contributed by atoms with Gasteiger partial charge in [0, 0.05) is 40.1 Å². The van der Waals surface area contributed by atoms with Crippen molar-refractivity contribution in [1.29, 1.82) is 0 Å². The molecule has 0 saturated heterocycles. The van der Waals surface area contributed by atoms with Crippen LogP contribution >= 0.6 is 0 Å². The Hall–Kier alpha value is -7.50. The van der Waals surface area contributed by atoms with Crippen LogP contribution in [0.25, 0.3) is 44.2 Å². The van der Waals surface area contributed by atoms with Gasteiger partial charge in [-0.2, -0.15) is 0 Å². The third kappa shape index (κ3) is 5.98. The van der Waals surface area contributed by atoms with Gasteiger partial charge in [-0.05, 0) is 165 Å². The fourth-order valence-electron chi connectivity index (χ4n) is 10.5. The third-order valence-electron chi connectivity index (χ3n) is 13.6. The summed E-state index contributed by atoms with van der Waals surface area (Å²) in [6.07, 6.45) is 0. The van der Waals surface area contributed by atoms with E-state index in [4.69, 9.17) is 9.47 Å². The SMILES string of the molecule is Cc1cc(-c2ccccc2)ccc1N1c2cc3c(cc2B2c4c(cc(-c5c(C)cccc5C)cc41)-c1cc4ccccc4cc1N2c1ccc(C(C)(C)C)cc1)Oc1ccccc1O3. The molecule has 0 radical (unpaired) electrons. The second-order valence-electron chi connectivity index (χ2n) is 18.7. The molecular weight excluding hydrogens is 779 g/mol. The number of aryl methyl sites for hydroxylation is 3. The van der Waals surface area contributed by atoms with Crippen LogP contribution in [0.1, 0.15) is 43.0 Å². The molecule has 64 heavy (non-hydrogen) atoms. The molecule has 0 aliphatic carbocycles. The number of ether oxygens (including phenoxy) is 2. The van der Waals surface area contributed by atoms with Crippen LogP contribution in [0.5, 0.6) is 23.0 Å². The molecule has 0 bridgehead atoms. The lowest BCUT2D eigenvalue weighted by Crippen LogP contribution is -2.61. The molecule has 0 spiro atoms. The van der Waals surface area contributed by atoms with Crippen LogP contribution < -0.4 is 30.1 Å². The van der Waals surface area contributed by atoms with Crippen molar-refractivity contribution >= 4 is 57.0 Å². The minimum absolute atomic E-state index is 0.0109. The van der Waals surface area contributed by atoms with E-state index in [-0.39, 0.29) is 12.3 Å². The zero-order valence-corrected chi connectivity index (χ0v) is 37.0. The second-order valence-corrected chi connectivity index (χ2v) is 18.7. The minimum atomic E-state index is -0.215. The first-order valence-electron chi connectivity index (χ1n) is 22.4. The Morgan fingerprint density at radius 3 is 1.78 bits per heavy atom. The Balaban J connectivity index is 1.20. The van der Waals surface area contributed by atoms with Crippen molar-refractivity contribution in [2.75, 3.05) is 9.71 Å². The van der Waals surface area contributed by atoms with Crippen molar-refractivity contribution < 1.29 is 9.47 Å². The molecule has 0 fully saturated rings. The Morgan fingerprint density at radius 2 is 1.09 bits per heavy atom. The fourth-order valence-corrected chi connectivity index (χ4v) is 10.5. The molecular formula is C59H47BN2O2. The zero-order chi connectivity index (χ0) is 43.4. The van der Waals surface area contributed by atoms with E-state index in [9.17, 15) is 0 Å². The Labute approximate surface area is 376 Å². The molecule has 12 rings (SSSR count). The molecule has 0 aromatic heterocycles. The first-order valence-corrected chi connectivity index (χ1v) is 22.4. The highest BCUT2D eigenvalue weighted by Gasteiger charge is 2.47. The van der Waals surface area contributed by atoms with Gasteiger partial charge >= 0.3 is 6.85 Å². The molecule has 0 N–H and O–H groups in total. The van der Waals surface area contributed by atoms with Gasteiger partial charge in [-0.1, -0.05) is 124 Å². The molecule has 9 aromatic carbocycles. The summed E-state index contributed by atoms with van der Waals surface area (Å²) in [7, 11) is 0. The van der Waals surface area contributed by atoms with Gasteiger partial charge in [0.25, 0.3) is 0 Å². The lowest BCUT2D eigenvalue weighted by atomic mass is 9.43. The summed E-state index contributed by atoms with van der Waals surface area (Å²) >= 11 is 0. The number of para-hydroxylation sites is 2. The van der Waals surface area contributed by atoms with Crippen LogP contribution in [0.2, 0.25) is 0 Å². The summed E-state index contributed by atoms with van der Waals surface area (Å²) in [5, 5.41) is 2.42. The van der Waals surface area contributed by atoms with Crippen LogP contribution in [-0.2, 0) is 5.41 Å². The average Bonchev–Trinajstić information content (AvgIpc) is 3.30. The summed E-state index contributed by atoms with van der Waals surface area (Å²) in [6.45, 7) is 13.4. The van der Waals surface area contributed by atoms with Gasteiger partial charge in [0.05, 0.1) is 0 Å². The number of hydrogen-bond donors (Lipinski definition) is 0. The van der Waals surface area contributed by atoms with E-state index in [2.05, 4.69) is 203 Å². The van der Waals surface area contributed by atoms with Crippen LogP contribution in [-0.4, -0.2) is 6.85 Å². The molecule has 3 aliphatic heterocycles. The maximum atomic E-state index is 6.76. The highest BCUT2D eigenvalue weighted by atomic mass is 16.6. The standard InChI is InChI=1S/C59H47BN2O2/c1-36-15-14-16-37(2)57(36)43-31-47-46-30-40-19-10-11-20-41(40)32-50(46)62(45-26-24-44(25-27-45)59(4,5)6)60-48-34-55-56(64-54-22-13-12-21-53(54)63-55)35-51(48)61(52(33-43)58(47)60)49-28-23-42(29-38(49)3)39-17-8-7-9-18-39/h7-35H,1-6H3. The summed E-state index contributed by atoms with van der Waals surface area (Å²) in [5.74, 6) is 2.82. The smallest absolute Gasteiger partial charge is 0.333 e.